The summed E-state index contributed by atoms with van der Waals surface area (Å²) in [5, 5.41) is 11.4. The zero-order valence-corrected chi connectivity index (χ0v) is 10.8. The molecule has 1 saturated heterocycles. The molecule has 1 heterocycles. The van der Waals surface area contributed by atoms with Crippen molar-refractivity contribution in [2.75, 3.05) is 18.4 Å². The lowest BCUT2D eigenvalue weighted by Gasteiger charge is -2.30. The third-order valence-corrected chi connectivity index (χ3v) is 3.27. The van der Waals surface area contributed by atoms with E-state index in [0.717, 1.165) is 25.0 Å². The number of carbonyl (C=O) groups is 2. The molecule has 20 heavy (non-hydrogen) atoms. The number of carboxylic acid groups (broad SMARTS) is 1. The van der Waals surface area contributed by atoms with Crippen molar-refractivity contribution in [3.63, 3.8) is 0 Å². The lowest BCUT2D eigenvalue weighted by Crippen LogP contribution is -2.44. The van der Waals surface area contributed by atoms with Crippen molar-refractivity contribution in [3.05, 3.63) is 29.6 Å². The van der Waals surface area contributed by atoms with Crippen LogP contribution in [0.4, 0.5) is 14.9 Å². The quantitative estimate of drug-likeness (QED) is 0.765. The Morgan fingerprint density at radius 2 is 2.00 bits per heavy atom. The van der Waals surface area contributed by atoms with Gasteiger partial charge in [-0.25, -0.2) is 14.0 Å². The SMILES string of the molecule is NC1CCN(C(=O)Nc2ccc(F)c(C(=O)O)c2)CC1. The number of nitrogens with two attached hydrogens (primary N) is 1. The third kappa shape index (κ3) is 3.24. The van der Waals surface area contributed by atoms with Gasteiger partial charge < -0.3 is 21.1 Å². The highest BCUT2D eigenvalue weighted by molar-refractivity contribution is 5.93. The van der Waals surface area contributed by atoms with Crippen LogP contribution < -0.4 is 11.1 Å². The Kier molecular flexibility index (Phi) is 4.19. The standard InChI is InChI=1S/C13H16FN3O3/c14-11-2-1-9(7-10(11)12(18)19)16-13(20)17-5-3-8(15)4-6-17/h1-2,7-8H,3-6,15H2,(H,16,20)(H,18,19). The summed E-state index contributed by atoms with van der Waals surface area (Å²) in [6.07, 6.45) is 1.47. The number of urea groups is 1. The highest BCUT2D eigenvalue weighted by Crippen LogP contribution is 2.16. The largest absolute Gasteiger partial charge is 0.478 e. The van der Waals surface area contributed by atoms with Crippen LogP contribution in [0.2, 0.25) is 0 Å². The van der Waals surface area contributed by atoms with E-state index in [1.165, 1.54) is 6.07 Å². The summed E-state index contributed by atoms with van der Waals surface area (Å²) in [4.78, 5) is 24.4. The molecule has 0 aliphatic carbocycles. The number of carbonyl (C=O) groups excluding carboxylic acids is 1. The van der Waals surface area contributed by atoms with Gasteiger partial charge >= 0.3 is 12.0 Å². The van der Waals surface area contributed by atoms with Crippen LogP contribution in [0.3, 0.4) is 0 Å². The zero-order chi connectivity index (χ0) is 14.7. The lowest BCUT2D eigenvalue weighted by molar-refractivity contribution is 0.0692. The van der Waals surface area contributed by atoms with Crippen LogP contribution in [-0.4, -0.2) is 41.1 Å². The minimum absolute atomic E-state index is 0.114. The Morgan fingerprint density at radius 1 is 1.35 bits per heavy atom. The number of rotatable bonds is 2. The van der Waals surface area contributed by atoms with Crippen molar-refractivity contribution >= 4 is 17.7 Å². The van der Waals surface area contributed by atoms with Gasteiger partial charge in [0.1, 0.15) is 5.82 Å². The molecular formula is C13H16FN3O3. The van der Waals surface area contributed by atoms with Crippen LogP contribution in [0.15, 0.2) is 18.2 Å². The Hall–Kier alpha value is -2.15. The monoisotopic (exact) mass is 281 g/mol. The maximum Gasteiger partial charge on any atom is 0.338 e. The number of amides is 2. The van der Waals surface area contributed by atoms with Crippen LogP contribution in [0.5, 0.6) is 0 Å². The molecule has 0 bridgehead atoms. The molecule has 4 N–H and O–H groups in total. The summed E-state index contributed by atoms with van der Waals surface area (Å²) >= 11 is 0. The van der Waals surface area contributed by atoms with E-state index >= 15 is 0 Å². The van der Waals surface area contributed by atoms with E-state index in [1.807, 2.05) is 0 Å². The number of nitrogens with one attached hydrogen (secondary N) is 1. The van der Waals surface area contributed by atoms with Gasteiger partial charge in [0.15, 0.2) is 0 Å². The molecule has 0 aromatic heterocycles. The molecule has 1 fully saturated rings. The minimum Gasteiger partial charge on any atom is -0.478 e. The third-order valence-electron chi connectivity index (χ3n) is 3.27. The summed E-state index contributed by atoms with van der Waals surface area (Å²) in [5.41, 5.74) is 5.54. The van der Waals surface area contributed by atoms with E-state index in [-0.39, 0.29) is 17.8 Å². The topological polar surface area (TPSA) is 95.7 Å². The highest BCUT2D eigenvalue weighted by Gasteiger charge is 2.21. The first-order valence-corrected chi connectivity index (χ1v) is 6.31. The van der Waals surface area contributed by atoms with E-state index in [1.54, 1.807) is 4.90 Å². The molecule has 2 rings (SSSR count). The number of nitrogens with zero attached hydrogens (tertiary/aromatic N) is 1. The average Bonchev–Trinajstić information content (AvgIpc) is 2.41. The van der Waals surface area contributed by atoms with Crippen molar-refractivity contribution < 1.29 is 19.1 Å². The Labute approximate surface area is 115 Å². The molecule has 0 saturated carbocycles. The molecule has 0 atom stereocenters. The number of halogens is 1. The molecule has 7 heteroatoms. The molecular weight excluding hydrogens is 265 g/mol. The van der Waals surface area contributed by atoms with Gasteiger partial charge in [0, 0.05) is 24.8 Å². The van der Waals surface area contributed by atoms with Crippen molar-refractivity contribution in [1.82, 2.24) is 4.90 Å². The molecule has 0 spiro atoms. The van der Waals surface area contributed by atoms with Crippen LogP contribution in [0.1, 0.15) is 23.2 Å². The second-order valence-corrected chi connectivity index (χ2v) is 4.75. The van der Waals surface area contributed by atoms with Gasteiger partial charge in [-0.15, -0.1) is 0 Å². The number of benzene rings is 1. The number of anilines is 1. The first-order chi connectivity index (χ1) is 9.47. The number of hydrogen-bond donors (Lipinski definition) is 3. The van der Waals surface area contributed by atoms with Gasteiger partial charge in [0.05, 0.1) is 5.56 Å². The van der Waals surface area contributed by atoms with Crippen LogP contribution >= 0.6 is 0 Å². The summed E-state index contributed by atoms with van der Waals surface area (Å²) in [6.45, 7) is 1.11. The van der Waals surface area contributed by atoms with E-state index in [0.29, 0.717) is 13.1 Å². The first kappa shape index (κ1) is 14.3. The van der Waals surface area contributed by atoms with Gasteiger partial charge in [-0.2, -0.15) is 0 Å². The fourth-order valence-electron chi connectivity index (χ4n) is 2.07. The number of hydrogen-bond acceptors (Lipinski definition) is 3. The van der Waals surface area contributed by atoms with E-state index in [9.17, 15) is 14.0 Å². The van der Waals surface area contributed by atoms with Crippen LogP contribution in [-0.2, 0) is 0 Å². The molecule has 1 aromatic rings. The molecule has 1 aliphatic rings. The van der Waals surface area contributed by atoms with Crippen LogP contribution in [0.25, 0.3) is 0 Å². The summed E-state index contributed by atoms with van der Waals surface area (Å²) in [5.74, 6) is -2.21. The number of likely N-dealkylation sites (tertiary alicyclic amines) is 1. The maximum absolute atomic E-state index is 13.2. The Balaban J connectivity index is 2.04. The van der Waals surface area contributed by atoms with Crippen molar-refractivity contribution in [3.8, 4) is 0 Å². The smallest absolute Gasteiger partial charge is 0.338 e. The minimum atomic E-state index is -1.37. The summed E-state index contributed by atoms with van der Waals surface area (Å²) in [7, 11) is 0. The van der Waals surface area contributed by atoms with Gasteiger partial charge in [-0.05, 0) is 31.0 Å². The lowest BCUT2D eigenvalue weighted by atomic mass is 10.1. The second kappa shape index (κ2) is 5.87. The number of aromatic carboxylic acids is 1. The summed E-state index contributed by atoms with van der Waals surface area (Å²) < 4.78 is 13.2. The molecule has 108 valence electrons. The first-order valence-electron chi connectivity index (χ1n) is 6.31. The van der Waals surface area contributed by atoms with Gasteiger partial charge in [0.2, 0.25) is 0 Å². The van der Waals surface area contributed by atoms with Gasteiger partial charge in [0.25, 0.3) is 0 Å². The zero-order valence-electron chi connectivity index (χ0n) is 10.8. The fourth-order valence-corrected chi connectivity index (χ4v) is 2.07. The Morgan fingerprint density at radius 3 is 2.60 bits per heavy atom. The highest BCUT2D eigenvalue weighted by atomic mass is 19.1. The predicted octanol–water partition coefficient (Wildman–Crippen LogP) is 1.48. The molecule has 6 nitrogen and oxygen atoms in total. The molecule has 1 aliphatic heterocycles. The fraction of sp³-hybridized carbons (Fsp3) is 0.385. The van der Waals surface area contributed by atoms with E-state index in [2.05, 4.69) is 5.32 Å². The molecule has 0 unspecified atom stereocenters. The molecule has 0 radical (unpaired) electrons. The molecule has 1 aromatic carbocycles. The number of piperidine rings is 1. The van der Waals surface area contributed by atoms with Gasteiger partial charge in [-0.3, -0.25) is 0 Å². The number of carboxylic acids is 1. The van der Waals surface area contributed by atoms with Crippen LogP contribution in [0, 0.1) is 5.82 Å². The second-order valence-electron chi connectivity index (χ2n) is 4.75. The van der Waals surface area contributed by atoms with Crippen molar-refractivity contribution in [2.24, 2.45) is 5.73 Å². The van der Waals surface area contributed by atoms with Gasteiger partial charge in [-0.1, -0.05) is 0 Å². The average molecular weight is 281 g/mol. The summed E-state index contributed by atoms with van der Waals surface area (Å²) in [6, 6.07) is 3.23. The van der Waals surface area contributed by atoms with Crippen molar-refractivity contribution in [1.29, 1.82) is 0 Å². The molecule has 2 amide bonds. The predicted molar refractivity (Wildman–Crippen MR) is 71.2 cm³/mol. The normalized spacial score (nSPS) is 16.0. The Bertz CT molecular complexity index is 528. The van der Waals surface area contributed by atoms with E-state index < -0.39 is 17.3 Å². The van der Waals surface area contributed by atoms with E-state index in [4.69, 9.17) is 10.8 Å². The maximum atomic E-state index is 13.2. The van der Waals surface area contributed by atoms with Crippen molar-refractivity contribution in [2.45, 2.75) is 18.9 Å².